The largest absolute Gasteiger partial charge is 0.399 e. The molecule has 0 aliphatic rings. The molecule has 108 valence electrons. The molecule has 0 fully saturated rings. The summed E-state index contributed by atoms with van der Waals surface area (Å²) < 4.78 is 35.8. The monoisotopic (exact) mass is 306 g/mol. The summed E-state index contributed by atoms with van der Waals surface area (Å²) in [4.78, 5) is -0.161. The molecular weight excluding hydrogens is 295 g/mol. The van der Waals surface area contributed by atoms with Crippen molar-refractivity contribution in [3.8, 4) is 6.07 Å². The number of nitrogens with two attached hydrogens (primary N) is 2. The summed E-state index contributed by atoms with van der Waals surface area (Å²) in [6.45, 7) is 0. The van der Waals surface area contributed by atoms with Gasteiger partial charge in [-0.1, -0.05) is 0 Å². The highest BCUT2D eigenvalue weighted by Gasteiger charge is 2.11. The first-order chi connectivity index (χ1) is 9.79. The van der Waals surface area contributed by atoms with E-state index in [1.165, 1.54) is 30.3 Å². The lowest BCUT2D eigenvalue weighted by Crippen LogP contribution is -2.12. The fraction of sp³-hybridized carbons (Fsp3) is 0. The SMILES string of the molecule is N#Cc1cc(F)ccc1Nc1cc(N)cc(S(N)(=O)=O)c1. The lowest BCUT2D eigenvalue weighted by molar-refractivity contribution is 0.598. The lowest BCUT2D eigenvalue weighted by Gasteiger charge is -2.10. The van der Waals surface area contributed by atoms with Crippen molar-refractivity contribution in [3.63, 3.8) is 0 Å². The van der Waals surface area contributed by atoms with Crippen molar-refractivity contribution in [1.29, 1.82) is 5.26 Å². The van der Waals surface area contributed by atoms with Gasteiger partial charge >= 0.3 is 0 Å². The third-order valence-electron chi connectivity index (χ3n) is 2.64. The average molecular weight is 306 g/mol. The number of nitrogens with zero attached hydrogens (tertiary/aromatic N) is 1. The van der Waals surface area contributed by atoms with Gasteiger partial charge in [-0.3, -0.25) is 0 Å². The number of anilines is 3. The average Bonchev–Trinajstić information content (AvgIpc) is 2.39. The molecule has 0 bridgehead atoms. The molecule has 0 atom stereocenters. The van der Waals surface area contributed by atoms with Crippen LogP contribution in [0, 0.1) is 17.1 Å². The number of halogens is 1. The van der Waals surface area contributed by atoms with E-state index in [4.69, 9.17) is 16.1 Å². The Bertz CT molecular complexity index is 844. The van der Waals surface area contributed by atoms with Crippen LogP contribution in [-0.2, 0) is 10.0 Å². The molecule has 0 saturated heterocycles. The highest BCUT2D eigenvalue weighted by molar-refractivity contribution is 7.89. The Morgan fingerprint density at radius 1 is 1.19 bits per heavy atom. The van der Waals surface area contributed by atoms with E-state index in [1.807, 2.05) is 6.07 Å². The topological polar surface area (TPSA) is 122 Å². The summed E-state index contributed by atoms with van der Waals surface area (Å²) in [6.07, 6.45) is 0. The number of nitriles is 1. The van der Waals surface area contributed by atoms with Crippen molar-refractivity contribution in [1.82, 2.24) is 0 Å². The van der Waals surface area contributed by atoms with E-state index in [2.05, 4.69) is 5.32 Å². The summed E-state index contributed by atoms with van der Waals surface area (Å²) in [5.41, 5.74) is 6.53. The summed E-state index contributed by atoms with van der Waals surface area (Å²) in [5, 5.41) is 16.8. The number of hydrogen-bond donors (Lipinski definition) is 3. The number of primary sulfonamides is 1. The van der Waals surface area contributed by atoms with Crippen LogP contribution in [0.1, 0.15) is 5.56 Å². The molecule has 0 amide bonds. The minimum atomic E-state index is -3.91. The van der Waals surface area contributed by atoms with Crippen molar-refractivity contribution >= 4 is 27.1 Å². The fourth-order valence-electron chi connectivity index (χ4n) is 1.73. The Morgan fingerprint density at radius 3 is 2.52 bits per heavy atom. The van der Waals surface area contributed by atoms with Gasteiger partial charge in [-0.15, -0.1) is 0 Å². The van der Waals surface area contributed by atoms with E-state index in [1.54, 1.807) is 0 Å². The summed E-state index contributed by atoms with van der Waals surface area (Å²) in [6, 6.07) is 9.41. The zero-order valence-corrected chi connectivity index (χ0v) is 11.5. The van der Waals surface area contributed by atoms with Crippen LogP contribution in [0.5, 0.6) is 0 Å². The second kappa shape index (κ2) is 5.40. The third-order valence-corrected chi connectivity index (χ3v) is 3.53. The molecule has 2 rings (SSSR count). The summed E-state index contributed by atoms with van der Waals surface area (Å²) in [7, 11) is -3.91. The molecule has 0 aliphatic carbocycles. The van der Waals surface area contributed by atoms with Crippen LogP contribution in [0.25, 0.3) is 0 Å². The normalized spacial score (nSPS) is 10.9. The first-order valence-corrected chi connectivity index (χ1v) is 7.24. The van der Waals surface area contributed by atoms with Gasteiger partial charge in [-0.25, -0.2) is 17.9 Å². The molecule has 8 heteroatoms. The van der Waals surface area contributed by atoms with Gasteiger partial charge in [0.1, 0.15) is 11.9 Å². The van der Waals surface area contributed by atoms with Crippen LogP contribution in [0.2, 0.25) is 0 Å². The molecule has 2 aromatic carbocycles. The standard InChI is InChI=1S/C13H11FN4O2S/c14-9-1-2-13(8(3-9)7-15)18-11-4-10(16)5-12(6-11)21(17,19)20/h1-6,18H,16H2,(H2,17,19,20). The quantitative estimate of drug-likeness (QED) is 0.744. The lowest BCUT2D eigenvalue weighted by atomic mass is 10.1. The molecule has 0 heterocycles. The van der Waals surface area contributed by atoms with Crippen LogP contribution < -0.4 is 16.2 Å². The Hall–Kier alpha value is -2.63. The zero-order valence-electron chi connectivity index (χ0n) is 10.7. The van der Waals surface area contributed by atoms with Gasteiger partial charge in [0.2, 0.25) is 10.0 Å². The van der Waals surface area contributed by atoms with E-state index in [0.717, 1.165) is 6.07 Å². The molecule has 6 nitrogen and oxygen atoms in total. The molecule has 0 spiro atoms. The number of sulfonamides is 1. The maximum atomic E-state index is 13.1. The smallest absolute Gasteiger partial charge is 0.238 e. The minimum Gasteiger partial charge on any atom is -0.399 e. The maximum absolute atomic E-state index is 13.1. The Labute approximate surface area is 120 Å². The number of nitrogens with one attached hydrogen (secondary N) is 1. The van der Waals surface area contributed by atoms with Gasteiger partial charge in [0.25, 0.3) is 0 Å². The Morgan fingerprint density at radius 2 is 1.90 bits per heavy atom. The molecule has 0 aromatic heterocycles. The van der Waals surface area contributed by atoms with E-state index < -0.39 is 15.8 Å². The van der Waals surface area contributed by atoms with Crippen molar-refractivity contribution in [2.24, 2.45) is 5.14 Å². The predicted molar refractivity (Wildman–Crippen MR) is 76.6 cm³/mol. The molecule has 0 aliphatic heterocycles. The van der Waals surface area contributed by atoms with Gasteiger partial charge in [-0.2, -0.15) is 5.26 Å². The Kier molecular flexibility index (Phi) is 3.80. The minimum absolute atomic E-state index is 0.0783. The van der Waals surface area contributed by atoms with E-state index in [0.29, 0.717) is 11.4 Å². The summed E-state index contributed by atoms with van der Waals surface area (Å²) in [5.74, 6) is -0.546. The van der Waals surface area contributed by atoms with Gasteiger partial charge in [0.15, 0.2) is 0 Å². The summed E-state index contributed by atoms with van der Waals surface area (Å²) >= 11 is 0. The first kappa shape index (κ1) is 14.8. The van der Waals surface area contributed by atoms with Gasteiger partial charge in [0.05, 0.1) is 16.1 Å². The maximum Gasteiger partial charge on any atom is 0.238 e. The van der Waals surface area contributed by atoms with Gasteiger partial charge in [0, 0.05) is 11.4 Å². The van der Waals surface area contributed by atoms with Crippen molar-refractivity contribution in [2.45, 2.75) is 4.90 Å². The molecule has 2 aromatic rings. The second-order valence-corrected chi connectivity index (χ2v) is 5.82. The van der Waals surface area contributed by atoms with Gasteiger partial charge in [-0.05, 0) is 36.4 Å². The zero-order chi connectivity index (χ0) is 15.6. The van der Waals surface area contributed by atoms with Crippen molar-refractivity contribution < 1.29 is 12.8 Å². The predicted octanol–water partition coefficient (Wildman–Crippen LogP) is 1.67. The molecule has 0 radical (unpaired) electrons. The number of nitrogen functional groups attached to an aromatic ring is 1. The van der Waals surface area contributed by atoms with E-state index >= 15 is 0 Å². The van der Waals surface area contributed by atoms with Crippen molar-refractivity contribution in [2.75, 3.05) is 11.1 Å². The third kappa shape index (κ3) is 3.47. The molecule has 21 heavy (non-hydrogen) atoms. The highest BCUT2D eigenvalue weighted by atomic mass is 32.2. The van der Waals surface area contributed by atoms with Crippen LogP contribution in [0.15, 0.2) is 41.3 Å². The van der Waals surface area contributed by atoms with Crippen LogP contribution in [0.4, 0.5) is 21.5 Å². The number of benzene rings is 2. The van der Waals surface area contributed by atoms with Gasteiger partial charge < -0.3 is 11.1 Å². The molecular formula is C13H11FN4O2S. The van der Waals surface area contributed by atoms with Crippen LogP contribution >= 0.6 is 0 Å². The Balaban J connectivity index is 2.46. The second-order valence-electron chi connectivity index (χ2n) is 4.26. The highest BCUT2D eigenvalue weighted by Crippen LogP contribution is 2.25. The number of rotatable bonds is 3. The first-order valence-electron chi connectivity index (χ1n) is 5.69. The molecule has 0 unspecified atom stereocenters. The van der Waals surface area contributed by atoms with Crippen LogP contribution in [-0.4, -0.2) is 8.42 Å². The van der Waals surface area contributed by atoms with Crippen molar-refractivity contribution in [3.05, 3.63) is 47.8 Å². The van der Waals surface area contributed by atoms with E-state index in [-0.39, 0.29) is 16.1 Å². The van der Waals surface area contributed by atoms with E-state index in [9.17, 15) is 12.8 Å². The number of hydrogen-bond acceptors (Lipinski definition) is 5. The molecule has 5 N–H and O–H groups in total. The fourth-order valence-corrected chi connectivity index (χ4v) is 2.32. The molecule has 0 saturated carbocycles. The van der Waals surface area contributed by atoms with Crippen LogP contribution in [0.3, 0.4) is 0 Å².